The molecule has 1 aliphatic heterocycles. The summed E-state index contributed by atoms with van der Waals surface area (Å²) in [5.74, 6) is 0.186. The molecule has 1 aliphatic rings. The highest BCUT2D eigenvalue weighted by Gasteiger charge is 2.53. The summed E-state index contributed by atoms with van der Waals surface area (Å²) in [6.45, 7) is 9.19. The number of anilines is 2. The fraction of sp³-hybridized carbons (Fsp3) is 0.444. The molecular weight excluding hydrogens is 371 g/mol. The van der Waals surface area contributed by atoms with Gasteiger partial charge in [-0.3, -0.25) is 0 Å². The van der Waals surface area contributed by atoms with Crippen LogP contribution in [0.25, 0.3) is 0 Å². The topological polar surface area (TPSA) is 56.3 Å². The Labute approximate surface area is 162 Å². The van der Waals surface area contributed by atoms with Gasteiger partial charge in [0.2, 0.25) is 5.13 Å². The van der Waals surface area contributed by atoms with Gasteiger partial charge in [0, 0.05) is 23.6 Å². The van der Waals surface area contributed by atoms with Crippen molar-refractivity contribution in [2.24, 2.45) is 0 Å². The molecule has 0 aliphatic carbocycles. The number of aromatic nitrogens is 2. The summed E-state index contributed by atoms with van der Waals surface area (Å²) in [4.78, 5) is 4.35. The van der Waals surface area contributed by atoms with Crippen LogP contribution in [0.3, 0.4) is 0 Å². The van der Waals surface area contributed by atoms with Crippen LogP contribution in [0.4, 0.5) is 19.6 Å². The van der Waals surface area contributed by atoms with Crippen molar-refractivity contribution in [3.63, 3.8) is 0 Å². The number of hydrogen-bond donors (Lipinski definition) is 1. The molecular formula is C18H22BF2N3O2S. The van der Waals surface area contributed by atoms with E-state index in [0.29, 0.717) is 22.2 Å². The normalized spacial score (nSPS) is 19.1. The number of rotatable bonds is 5. The van der Waals surface area contributed by atoms with Gasteiger partial charge >= 0.3 is 7.12 Å². The van der Waals surface area contributed by atoms with Crippen molar-refractivity contribution in [3.05, 3.63) is 47.2 Å². The number of nitrogens with zero attached hydrogens (tertiary/aromatic N) is 2. The third-order valence-corrected chi connectivity index (χ3v) is 5.52. The van der Waals surface area contributed by atoms with E-state index in [2.05, 4.69) is 14.7 Å². The van der Waals surface area contributed by atoms with Crippen molar-refractivity contribution in [2.45, 2.75) is 52.2 Å². The number of hydrogen-bond acceptors (Lipinski definition) is 6. The van der Waals surface area contributed by atoms with Gasteiger partial charge in [0.05, 0.1) is 11.2 Å². The number of benzene rings is 1. The average Bonchev–Trinajstić information content (AvgIpc) is 3.10. The minimum atomic E-state index is -1.02. The highest BCUT2D eigenvalue weighted by Crippen LogP contribution is 2.39. The first kappa shape index (κ1) is 19.9. The molecule has 1 fully saturated rings. The highest BCUT2D eigenvalue weighted by atomic mass is 32.1. The Morgan fingerprint density at radius 3 is 2.33 bits per heavy atom. The van der Waals surface area contributed by atoms with Crippen molar-refractivity contribution in [2.75, 3.05) is 5.32 Å². The fourth-order valence-electron chi connectivity index (χ4n) is 2.50. The molecule has 5 nitrogen and oxygen atoms in total. The maximum absolute atomic E-state index is 14.8. The van der Waals surface area contributed by atoms with Crippen LogP contribution in [-0.4, -0.2) is 27.7 Å². The van der Waals surface area contributed by atoms with Gasteiger partial charge in [-0.2, -0.15) is 4.37 Å². The molecule has 27 heavy (non-hydrogen) atoms. The van der Waals surface area contributed by atoms with E-state index in [1.54, 1.807) is 19.1 Å². The van der Waals surface area contributed by atoms with Crippen molar-refractivity contribution in [1.29, 1.82) is 0 Å². The standard InChI is InChI=1S/C18H22BF2N3O2S/c1-11(15(21)19-25-17(2,3)18(4,5)26-19)10-14-23-16(27-24-14)22-13-8-6-12(20)7-9-13/h6-9H,10H2,1-5H3,(H,22,23,24). The second kappa shape index (κ2) is 7.29. The predicted octanol–water partition coefficient (Wildman–Crippen LogP) is 4.84. The zero-order valence-corrected chi connectivity index (χ0v) is 16.8. The van der Waals surface area contributed by atoms with Crippen molar-refractivity contribution in [3.8, 4) is 0 Å². The molecule has 144 valence electrons. The SMILES string of the molecule is CC(Cc1nsc(Nc2ccc(F)cc2)n1)=C(F)B1OC(C)(C)C(C)(C)O1. The van der Waals surface area contributed by atoms with Crippen LogP contribution >= 0.6 is 11.5 Å². The molecule has 2 aromatic rings. The van der Waals surface area contributed by atoms with Gasteiger partial charge in [-0.05, 0) is 64.5 Å². The second-order valence-corrected chi connectivity index (χ2v) is 8.29. The Balaban J connectivity index is 1.67. The molecule has 1 aromatic carbocycles. The Morgan fingerprint density at radius 1 is 1.15 bits per heavy atom. The first-order valence-electron chi connectivity index (χ1n) is 8.63. The summed E-state index contributed by atoms with van der Waals surface area (Å²) < 4.78 is 43.5. The molecule has 0 bridgehead atoms. The van der Waals surface area contributed by atoms with E-state index in [-0.39, 0.29) is 12.2 Å². The fourth-order valence-corrected chi connectivity index (χ4v) is 3.11. The minimum Gasteiger partial charge on any atom is -0.398 e. The molecule has 0 saturated carbocycles. The maximum atomic E-state index is 14.8. The lowest BCUT2D eigenvalue weighted by atomic mass is 9.84. The van der Waals surface area contributed by atoms with Crippen LogP contribution < -0.4 is 5.32 Å². The zero-order valence-electron chi connectivity index (χ0n) is 16.0. The number of allylic oxidation sites excluding steroid dienone is 1. The van der Waals surface area contributed by atoms with Gasteiger partial charge in [-0.1, -0.05) is 0 Å². The van der Waals surface area contributed by atoms with E-state index in [1.165, 1.54) is 12.1 Å². The first-order chi connectivity index (χ1) is 12.6. The minimum absolute atomic E-state index is 0.248. The molecule has 3 rings (SSSR count). The molecule has 1 aromatic heterocycles. The van der Waals surface area contributed by atoms with Crippen LogP contribution in [0.2, 0.25) is 0 Å². The lowest BCUT2D eigenvalue weighted by Gasteiger charge is -2.32. The molecule has 0 unspecified atom stereocenters. The summed E-state index contributed by atoms with van der Waals surface area (Å²) >= 11 is 1.16. The highest BCUT2D eigenvalue weighted by molar-refractivity contribution is 7.09. The quantitative estimate of drug-likeness (QED) is 0.737. The van der Waals surface area contributed by atoms with E-state index < -0.39 is 24.0 Å². The van der Waals surface area contributed by atoms with Crippen molar-refractivity contribution >= 4 is 29.5 Å². The van der Waals surface area contributed by atoms with Gasteiger partial charge in [0.25, 0.3) is 0 Å². The molecule has 1 N–H and O–H groups in total. The average molecular weight is 393 g/mol. The molecule has 1 saturated heterocycles. The van der Waals surface area contributed by atoms with Crippen LogP contribution in [0.5, 0.6) is 0 Å². The molecule has 2 heterocycles. The molecule has 0 atom stereocenters. The van der Waals surface area contributed by atoms with Crippen LogP contribution in [0.15, 0.2) is 35.6 Å². The number of halogens is 2. The molecule has 0 amide bonds. The monoisotopic (exact) mass is 393 g/mol. The van der Waals surface area contributed by atoms with E-state index in [1.807, 2.05) is 27.7 Å². The van der Waals surface area contributed by atoms with Gasteiger partial charge in [0.1, 0.15) is 17.4 Å². The largest absolute Gasteiger partial charge is 0.525 e. The smallest absolute Gasteiger partial charge is 0.398 e. The third kappa shape index (κ3) is 4.36. The summed E-state index contributed by atoms with van der Waals surface area (Å²) in [7, 11) is -1.02. The molecule has 9 heteroatoms. The van der Waals surface area contributed by atoms with Crippen LogP contribution in [-0.2, 0) is 15.7 Å². The molecule has 0 radical (unpaired) electrons. The zero-order chi connectivity index (χ0) is 19.8. The lowest BCUT2D eigenvalue weighted by molar-refractivity contribution is 0.00578. The van der Waals surface area contributed by atoms with Crippen molar-refractivity contribution < 1.29 is 18.1 Å². The maximum Gasteiger partial charge on any atom is 0.525 e. The van der Waals surface area contributed by atoms with Gasteiger partial charge < -0.3 is 14.6 Å². The molecule has 0 spiro atoms. The summed E-state index contributed by atoms with van der Waals surface area (Å²) in [6.07, 6.45) is 0.248. The van der Waals surface area contributed by atoms with E-state index >= 15 is 0 Å². The second-order valence-electron chi connectivity index (χ2n) is 7.54. The Hall–Kier alpha value is -1.84. The summed E-state index contributed by atoms with van der Waals surface area (Å²) in [6, 6.07) is 5.94. The lowest BCUT2D eigenvalue weighted by Crippen LogP contribution is -2.41. The van der Waals surface area contributed by atoms with E-state index in [0.717, 1.165) is 11.5 Å². The van der Waals surface area contributed by atoms with Crippen LogP contribution in [0.1, 0.15) is 40.4 Å². The Morgan fingerprint density at radius 2 is 1.74 bits per heavy atom. The predicted molar refractivity (Wildman–Crippen MR) is 103 cm³/mol. The van der Waals surface area contributed by atoms with Crippen LogP contribution in [0, 0.1) is 5.82 Å². The third-order valence-electron chi connectivity index (χ3n) is 4.85. The Bertz CT molecular complexity index is 837. The number of nitrogens with one attached hydrogen (secondary N) is 1. The first-order valence-corrected chi connectivity index (χ1v) is 9.41. The van der Waals surface area contributed by atoms with E-state index in [9.17, 15) is 8.78 Å². The Kier molecular flexibility index (Phi) is 5.38. The summed E-state index contributed by atoms with van der Waals surface area (Å²) in [5, 5.41) is 3.61. The van der Waals surface area contributed by atoms with Gasteiger partial charge in [-0.25, -0.2) is 13.8 Å². The van der Waals surface area contributed by atoms with E-state index in [4.69, 9.17) is 9.31 Å². The van der Waals surface area contributed by atoms with Gasteiger partial charge in [-0.15, -0.1) is 0 Å². The summed E-state index contributed by atoms with van der Waals surface area (Å²) in [5.41, 5.74) is -0.480. The van der Waals surface area contributed by atoms with Crippen molar-refractivity contribution in [1.82, 2.24) is 9.36 Å². The van der Waals surface area contributed by atoms with Gasteiger partial charge in [0.15, 0.2) is 0 Å².